The summed E-state index contributed by atoms with van der Waals surface area (Å²) in [7, 11) is 0. The molecular weight excluding hydrogens is 1230 g/mol. The second kappa shape index (κ2) is 25.6. The molecule has 3 spiro atoms. The molecule has 20 rings (SSSR count). The van der Waals surface area contributed by atoms with Crippen LogP contribution in [0.3, 0.4) is 0 Å². The van der Waals surface area contributed by atoms with Crippen LogP contribution in [0.5, 0.6) is 0 Å². The van der Waals surface area contributed by atoms with Gasteiger partial charge in [0.25, 0.3) is 0 Å². The monoisotopic (exact) mass is 1350 g/mol. The molecule has 28 atom stereocenters. The summed E-state index contributed by atoms with van der Waals surface area (Å²) in [6, 6.07) is 10.1. The number of H-pyrrole nitrogens is 1. The van der Waals surface area contributed by atoms with Crippen molar-refractivity contribution < 1.29 is 62.2 Å². The van der Waals surface area contributed by atoms with Gasteiger partial charge < -0.3 is 42.9 Å². The second-order valence-electron chi connectivity index (χ2n) is 36.1. The molecule has 11 aliphatic heterocycles. The predicted molar refractivity (Wildman–Crippen MR) is 372 cm³/mol. The van der Waals surface area contributed by atoms with Crippen molar-refractivity contribution in [3.63, 3.8) is 0 Å². The molecule has 13 heterocycles. The van der Waals surface area contributed by atoms with E-state index in [0.717, 1.165) is 129 Å². The quantitative estimate of drug-likeness (QED) is 0.144. The van der Waals surface area contributed by atoms with Crippen LogP contribution in [0.25, 0.3) is 5.76 Å². The van der Waals surface area contributed by atoms with Crippen LogP contribution in [0, 0.1) is 106 Å². The van der Waals surface area contributed by atoms with Gasteiger partial charge >= 0.3 is 5.97 Å². The molecule has 6 saturated carbocycles. The summed E-state index contributed by atoms with van der Waals surface area (Å²) in [6.07, 6.45) is 31.5. The highest BCUT2D eigenvalue weighted by Crippen LogP contribution is 2.70. The van der Waals surface area contributed by atoms with Gasteiger partial charge in [-0.25, -0.2) is 24.3 Å². The van der Waals surface area contributed by atoms with Gasteiger partial charge in [-0.3, -0.25) is 4.98 Å². The lowest BCUT2D eigenvalue weighted by Crippen LogP contribution is -2.67. The average Bonchev–Trinajstić information content (AvgIpc) is 1.47. The van der Waals surface area contributed by atoms with Crippen molar-refractivity contribution in [2.45, 2.75) is 317 Å². The Morgan fingerprint density at radius 3 is 1.90 bits per heavy atom. The minimum atomic E-state index is -0.863. The first-order valence-corrected chi connectivity index (χ1v) is 39.2. The molecule has 2 aromatic heterocycles. The number of hydrogen-bond acceptors (Lipinski definition) is 14. The fourth-order valence-corrected chi connectivity index (χ4v) is 25.2. The molecule has 0 amide bonds. The lowest BCUT2D eigenvalue weighted by Gasteiger charge is -2.58. The van der Waals surface area contributed by atoms with Crippen LogP contribution in [0.1, 0.15) is 270 Å². The van der Waals surface area contributed by atoms with Crippen molar-refractivity contribution in [2.75, 3.05) is 0 Å². The van der Waals surface area contributed by atoms with E-state index in [1.54, 1.807) is 11.8 Å². The molecule has 15 fully saturated rings. The third-order valence-corrected chi connectivity index (χ3v) is 30.4. The molecule has 1 N–H and O–H groups in total. The Morgan fingerprint density at radius 2 is 1.24 bits per heavy atom. The zero-order valence-corrected chi connectivity index (χ0v) is 61.3. The smallest absolute Gasteiger partial charge is 0.373 e. The number of nitrogens with zero attached hydrogens (tertiary/aromatic N) is 1. The molecule has 7 aliphatic carbocycles. The number of carbonyl (C=O) groups is 1. The van der Waals surface area contributed by atoms with Crippen molar-refractivity contribution in [3.05, 3.63) is 82.7 Å². The first-order valence-electron chi connectivity index (χ1n) is 39.2. The van der Waals surface area contributed by atoms with Crippen LogP contribution in [-0.2, 0) is 62.2 Å². The number of allylic oxidation sites excluding steroid dienone is 1. The number of aromatic nitrogens is 2. The molecule has 2 unspecified atom stereocenters. The molecule has 9 saturated heterocycles. The van der Waals surface area contributed by atoms with E-state index in [4.69, 9.17) is 57.4 Å². The maximum atomic E-state index is 14.0. The topological polar surface area (TPSA) is 157 Å². The lowest BCUT2D eigenvalue weighted by atomic mass is 9.47. The summed E-state index contributed by atoms with van der Waals surface area (Å²) < 4.78 is 51.8. The Kier molecular flexibility index (Phi) is 18.3. The third-order valence-electron chi connectivity index (χ3n) is 30.4. The summed E-state index contributed by atoms with van der Waals surface area (Å²) in [5.41, 5.74) is 4.96. The summed E-state index contributed by atoms with van der Waals surface area (Å²) in [6.45, 7) is 32.1. The van der Waals surface area contributed by atoms with Crippen LogP contribution in [0.2, 0.25) is 0 Å². The number of ether oxygens (including phenoxy) is 8. The Bertz CT molecular complexity index is 3350. The molecule has 98 heavy (non-hydrogen) atoms. The number of rotatable bonds is 9. The van der Waals surface area contributed by atoms with Crippen LogP contribution in [0.15, 0.2) is 71.3 Å². The van der Waals surface area contributed by atoms with E-state index in [1.807, 2.05) is 51.2 Å². The van der Waals surface area contributed by atoms with Crippen molar-refractivity contribution in [3.8, 4) is 0 Å². The summed E-state index contributed by atoms with van der Waals surface area (Å²) in [5, 5.41) is 0. The predicted octanol–water partition coefficient (Wildman–Crippen LogP) is 19.2. The van der Waals surface area contributed by atoms with E-state index >= 15 is 0 Å². The minimum Gasteiger partial charge on any atom is -0.459 e. The van der Waals surface area contributed by atoms with Gasteiger partial charge in [-0.2, -0.15) is 0 Å². The fourth-order valence-electron chi connectivity index (χ4n) is 25.2. The molecular formula is C83H122N2O13. The largest absolute Gasteiger partial charge is 0.459 e. The highest BCUT2D eigenvalue weighted by molar-refractivity contribution is 5.87. The van der Waals surface area contributed by atoms with E-state index < -0.39 is 41.1 Å². The molecule has 542 valence electrons. The van der Waals surface area contributed by atoms with Gasteiger partial charge in [0.1, 0.15) is 29.3 Å². The third kappa shape index (κ3) is 10.9. The minimum absolute atomic E-state index is 0. The zero-order chi connectivity index (χ0) is 67.6. The molecule has 15 nitrogen and oxygen atoms in total. The van der Waals surface area contributed by atoms with Crippen molar-refractivity contribution in [1.29, 1.82) is 0 Å². The van der Waals surface area contributed by atoms with Crippen molar-refractivity contribution in [1.82, 2.24) is 9.97 Å². The van der Waals surface area contributed by atoms with E-state index in [-0.39, 0.29) is 60.7 Å². The maximum Gasteiger partial charge on any atom is 0.373 e. The Balaban J connectivity index is 0.000000133. The molecule has 0 radical (unpaired) electrons. The summed E-state index contributed by atoms with van der Waals surface area (Å²) in [5.74, 6) is 7.90. The van der Waals surface area contributed by atoms with Crippen LogP contribution >= 0.6 is 0 Å². The highest BCUT2D eigenvalue weighted by Gasteiger charge is 2.73. The number of carbonyl (C=O) groups excluding carboxylic acids is 1. The summed E-state index contributed by atoms with van der Waals surface area (Å²) in [4.78, 5) is 46.1. The van der Waals surface area contributed by atoms with Gasteiger partial charge in [0.05, 0.1) is 0 Å². The van der Waals surface area contributed by atoms with E-state index in [9.17, 15) is 4.79 Å². The van der Waals surface area contributed by atoms with E-state index in [0.29, 0.717) is 52.6 Å². The molecule has 0 aromatic carbocycles. The van der Waals surface area contributed by atoms with Gasteiger partial charge in [-0.05, 0) is 255 Å². The van der Waals surface area contributed by atoms with Gasteiger partial charge in [0.2, 0.25) is 29.9 Å². The second-order valence-corrected chi connectivity index (χ2v) is 36.1. The van der Waals surface area contributed by atoms with Crippen LogP contribution in [0.4, 0.5) is 0 Å². The average molecular weight is 1360 g/mol. The Morgan fingerprint density at radius 1 is 0.622 bits per heavy atom. The first-order chi connectivity index (χ1) is 46.4. The molecule has 6 bridgehead atoms. The normalized spacial score (nSPS) is 49.1. The SMILES string of the molecule is C.CC1=C(C(=O)OC2CC[C@@]3(C)C(=CC[C@H]4[C@@H]5CC[C@H]([C@H](C)CCCC(C)C)[C@@]5(C)CC[C@@H]43)C2)O[C@@H]2O[C@@]3(C)CC[C@H]4[C@H](C)CC[C@@H]1[C@@]24OO3.CC1=C(c2ccccn2)O[C@@H]2O[C@@]3(C)CC[C@H]4[C@H](C)CC[C@@H]1[C@@]24OO3.C[C@@H]1CC[C@H]2[C@@H](C)C(c3ccc[nH]3)O[C@@H]3O[C@@]4(C)CC[C@@H]1[C@]32O4. The summed E-state index contributed by atoms with van der Waals surface area (Å²) >= 11 is 0. The Labute approximate surface area is 586 Å². The fraction of sp³-hybridized carbons (Fsp3) is 0.807. The molecule has 15 heteroatoms. The first kappa shape index (κ1) is 70.0. The van der Waals surface area contributed by atoms with Gasteiger partial charge in [0.15, 0.2) is 23.3 Å². The van der Waals surface area contributed by atoms with E-state index in [2.05, 4.69) is 98.3 Å². The number of hydrogen-bond donors (Lipinski definition) is 1. The number of aromatic amines is 1. The number of nitrogens with one attached hydrogen (secondary N) is 1. The lowest BCUT2D eigenvalue weighted by molar-refractivity contribution is -0.556. The number of fused-ring (bicyclic) bond motifs is 10. The Hall–Kier alpha value is -3.64. The van der Waals surface area contributed by atoms with E-state index in [1.165, 1.54) is 82.6 Å². The number of pyridine rings is 1. The molecule has 2 aromatic rings. The van der Waals surface area contributed by atoms with Gasteiger partial charge in [-0.15, -0.1) is 0 Å². The van der Waals surface area contributed by atoms with Crippen LogP contribution < -0.4 is 0 Å². The van der Waals surface area contributed by atoms with Crippen molar-refractivity contribution >= 4 is 11.7 Å². The van der Waals surface area contributed by atoms with Gasteiger partial charge in [-0.1, -0.05) is 107 Å². The number of esters is 1. The maximum absolute atomic E-state index is 14.0. The molecule has 18 aliphatic rings. The van der Waals surface area contributed by atoms with Gasteiger partial charge in [0, 0.05) is 67.4 Å². The van der Waals surface area contributed by atoms with Crippen LogP contribution in [-0.4, -0.2) is 75.1 Å². The van der Waals surface area contributed by atoms with Crippen molar-refractivity contribution in [2.24, 2.45) is 106 Å². The standard InChI is InChI=1S/C43H66O6.C20H25NO4.C19H27NO3.CH4/c1-25(2)10-9-11-26(3)32-16-17-35-31-14-13-29-24-30(18-21-40(29,6)36(31)19-22-41(32,35)7)45-38(44)37-28(5)34-15-12-27(4)33-20-23-42(8)47-39(46-37)43(33,34)49-48-42;1-12-7-8-15-13(2)17(16-6-4-5-11-21-16)22-18-20(15)14(12)9-10-19(3,23-18)24-25-20;1-11-6-7-14-12(2)16(15-5-4-10-20-15)21-17-19(14)13(11)8-9-18(3,22-17)23-19;/h13,25-27,30-36,39H,9-12,14-24H2,1-8H3;4-6,11-12,14-15,18H,7-10H2,1-3H3;4-5,10-14,16-17,20H,6-9H2,1-3H3;1H4/t26-,27-,30?,31+,32-,33+,34+,35+,36+,39-,40+,41-,42-,43-;12-,14+,15+,18-,19-,20-;11-,12-,13+,14+,16?,17-,18-,19-;/m111./s1. The highest BCUT2D eigenvalue weighted by atomic mass is 17.3. The zero-order valence-electron chi connectivity index (χ0n) is 61.3.